The van der Waals surface area contributed by atoms with Crippen molar-refractivity contribution in [2.75, 3.05) is 12.8 Å². The molecule has 0 radical (unpaired) electrons. The summed E-state index contributed by atoms with van der Waals surface area (Å²) in [6.45, 7) is 5.49. The normalized spacial score (nSPS) is 11.0. The number of nitrogens with two attached hydrogens (primary N) is 1. The Labute approximate surface area is 145 Å². The average molecular weight is 347 g/mol. The second-order valence-electron chi connectivity index (χ2n) is 6.26. The lowest BCUT2D eigenvalue weighted by molar-refractivity contribution is 0.0518. The number of esters is 1. The smallest absolute Gasteiger partial charge is 0.408 e. The van der Waals surface area contributed by atoms with Crippen LogP contribution in [0.3, 0.4) is 0 Å². The van der Waals surface area contributed by atoms with Crippen molar-refractivity contribution in [3.05, 3.63) is 35.9 Å². The van der Waals surface area contributed by atoms with Gasteiger partial charge < -0.3 is 24.9 Å². The van der Waals surface area contributed by atoms with Crippen molar-refractivity contribution < 1.29 is 23.5 Å². The van der Waals surface area contributed by atoms with Gasteiger partial charge in [0.05, 0.1) is 24.9 Å². The van der Waals surface area contributed by atoms with E-state index in [1.807, 2.05) is 0 Å². The maximum atomic E-state index is 11.7. The molecule has 2 heterocycles. The van der Waals surface area contributed by atoms with E-state index in [0.717, 1.165) is 0 Å². The summed E-state index contributed by atoms with van der Waals surface area (Å²) >= 11 is 0. The fraction of sp³-hybridized carbons (Fsp3) is 0.353. The predicted octanol–water partition coefficient (Wildman–Crippen LogP) is 2.74. The number of hydrogen-bond donors (Lipinski definition) is 2. The summed E-state index contributed by atoms with van der Waals surface area (Å²) in [5, 5.41) is 2.60. The topological polar surface area (TPSA) is 117 Å². The number of pyridine rings is 1. The van der Waals surface area contributed by atoms with E-state index >= 15 is 0 Å². The van der Waals surface area contributed by atoms with Crippen LogP contribution in [0.25, 0.3) is 11.3 Å². The molecule has 0 aliphatic heterocycles. The third-order valence-electron chi connectivity index (χ3n) is 3.13. The second kappa shape index (κ2) is 7.25. The van der Waals surface area contributed by atoms with Crippen LogP contribution in [0.15, 0.2) is 28.9 Å². The Morgan fingerprint density at radius 1 is 1.28 bits per heavy atom. The highest BCUT2D eigenvalue weighted by atomic mass is 16.6. The molecular weight excluding hydrogens is 326 g/mol. The number of carbonyl (C=O) groups excluding carboxylic acids is 2. The number of nitrogen functional groups attached to an aromatic ring is 1. The quantitative estimate of drug-likeness (QED) is 0.817. The molecule has 0 atom stereocenters. The van der Waals surface area contributed by atoms with Crippen LogP contribution < -0.4 is 11.1 Å². The number of anilines is 1. The van der Waals surface area contributed by atoms with Crippen molar-refractivity contribution in [3.63, 3.8) is 0 Å². The first-order valence-corrected chi connectivity index (χ1v) is 7.59. The van der Waals surface area contributed by atoms with Crippen LogP contribution in [0.5, 0.6) is 0 Å². The molecule has 25 heavy (non-hydrogen) atoms. The number of alkyl carbamates (subject to hydrolysis) is 1. The van der Waals surface area contributed by atoms with Gasteiger partial charge in [-0.3, -0.25) is 4.98 Å². The SMILES string of the molecule is COC(=O)c1cncc(-c2ccc(CNC(=O)OC(C)(C)C)o2)c1N. The van der Waals surface area contributed by atoms with Crippen LogP contribution in [0.4, 0.5) is 10.5 Å². The second-order valence-corrected chi connectivity index (χ2v) is 6.26. The Morgan fingerprint density at radius 3 is 2.64 bits per heavy atom. The lowest BCUT2D eigenvalue weighted by Gasteiger charge is -2.19. The third-order valence-corrected chi connectivity index (χ3v) is 3.13. The summed E-state index contributed by atoms with van der Waals surface area (Å²) in [6, 6.07) is 3.37. The van der Waals surface area contributed by atoms with E-state index < -0.39 is 17.7 Å². The van der Waals surface area contributed by atoms with Gasteiger partial charge in [-0.1, -0.05) is 0 Å². The number of carbonyl (C=O) groups is 2. The van der Waals surface area contributed by atoms with Crippen LogP contribution >= 0.6 is 0 Å². The number of ether oxygens (including phenoxy) is 2. The van der Waals surface area contributed by atoms with E-state index in [2.05, 4.69) is 15.0 Å². The highest BCUT2D eigenvalue weighted by Crippen LogP contribution is 2.29. The van der Waals surface area contributed by atoms with E-state index in [-0.39, 0.29) is 17.8 Å². The lowest BCUT2D eigenvalue weighted by atomic mass is 10.1. The molecule has 0 aliphatic rings. The average Bonchev–Trinajstić information content (AvgIpc) is 2.99. The largest absolute Gasteiger partial charge is 0.465 e. The molecule has 0 saturated carbocycles. The zero-order valence-electron chi connectivity index (χ0n) is 14.6. The van der Waals surface area contributed by atoms with Gasteiger partial charge in [-0.05, 0) is 32.9 Å². The van der Waals surface area contributed by atoms with Crippen molar-refractivity contribution in [2.24, 2.45) is 0 Å². The molecule has 0 bridgehead atoms. The monoisotopic (exact) mass is 347 g/mol. The molecule has 134 valence electrons. The first-order valence-electron chi connectivity index (χ1n) is 7.59. The summed E-state index contributed by atoms with van der Waals surface area (Å²) < 4.78 is 15.5. The molecule has 0 unspecified atom stereocenters. The van der Waals surface area contributed by atoms with Gasteiger partial charge in [0.25, 0.3) is 0 Å². The van der Waals surface area contributed by atoms with E-state index in [1.54, 1.807) is 32.9 Å². The number of methoxy groups -OCH3 is 1. The van der Waals surface area contributed by atoms with Crippen LogP contribution in [0.1, 0.15) is 36.9 Å². The van der Waals surface area contributed by atoms with Crippen molar-refractivity contribution in [2.45, 2.75) is 32.9 Å². The fourth-order valence-electron chi connectivity index (χ4n) is 2.03. The van der Waals surface area contributed by atoms with E-state index in [4.69, 9.17) is 14.9 Å². The van der Waals surface area contributed by atoms with Gasteiger partial charge in [-0.15, -0.1) is 0 Å². The molecule has 2 aromatic rings. The van der Waals surface area contributed by atoms with Gasteiger partial charge in [-0.25, -0.2) is 9.59 Å². The molecule has 8 nitrogen and oxygen atoms in total. The van der Waals surface area contributed by atoms with E-state index in [0.29, 0.717) is 17.1 Å². The minimum atomic E-state index is -0.578. The van der Waals surface area contributed by atoms with Crippen LogP contribution in [-0.2, 0) is 16.0 Å². The van der Waals surface area contributed by atoms with Crippen LogP contribution in [0.2, 0.25) is 0 Å². The number of rotatable bonds is 4. The number of furan rings is 1. The Kier molecular flexibility index (Phi) is 5.31. The predicted molar refractivity (Wildman–Crippen MR) is 90.8 cm³/mol. The van der Waals surface area contributed by atoms with Crippen molar-refractivity contribution in [1.82, 2.24) is 10.3 Å². The van der Waals surface area contributed by atoms with Crippen molar-refractivity contribution >= 4 is 17.7 Å². The lowest BCUT2D eigenvalue weighted by Crippen LogP contribution is -2.32. The van der Waals surface area contributed by atoms with Gasteiger partial charge in [0, 0.05) is 12.4 Å². The number of nitrogens with zero attached hydrogens (tertiary/aromatic N) is 1. The number of nitrogens with one attached hydrogen (secondary N) is 1. The number of amides is 1. The van der Waals surface area contributed by atoms with Gasteiger partial charge in [0.1, 0.15) is 22.7 Å². The Balaban J connectivity index is 2.12. The van der Waals surface area contributed by atoms with Gasteiger partial charge in [0.2, 0.25) is 0 Å². The van der Waals surface area contributed by atoms with Crippen LogP contribution in [-0.4, -0.2) is 29.8 Å². The van der Waals surface area contributed by atoms with Crippen molar-refractivity contribution in [3.8, 4) is 11.3 Å². The molecule has 0 fully saturated rings. The number of aromatic nitrogens is 1. The summed E-state index contributed by atoms with van der Waals surface area (Å²) in [7, 11) is 1.27. The molecule has 1 amide bonds. The first kappa shape index (κ1) is 18.3. The molecular formula is C17H21N3O5. The summed E-state index contributed by atoms with van der Waals surface area (Å²) in [5.41, 5.74) is 6.26. The highest BCUT2D eigenvalue weighted by molar-refractivity contribution is 5.98. The molecule has 3 N–H and O–H groups in total. The van der Waals surface area contributed by atoms with Crippen LogP contribution in [0, 0.1) is 0 Å². The zero-order valence-corrected chi connectivity index (χ0v) is 14.6. The molecule has 0 spiro atoms. The maximum Gasteiger partial charge on any atom is 0.408 e. The standard InChI is InChI=1S/C17H21N3O5/c1-17(2,3)25-16(22)20-7-10-5-6-13(24-10)11-8-19-9-12(14(11)18)15(21)23-4/h5-6,8-9H,7H2,1-4H3,(H2,18,19)(H,20,22). The van der Waals surface area contributed by atoms with E-state index in [9.17, 15) is 9.59 Å². The number of hydrogen-bond acceptors (Lipinski definition) is 7. The minimum absolute atomic E-state index is 0.152. The molecule has 0 saturated heterocycles. The fourth-order valence-corrected chi connectivity index (χ4v) is 2.03. The summed E-state index contributed by atoms with van der Waals surface area (Å²) in [4.78, 5) is 27.3. The molecule has 0 aromatic carbocycles. The van der Waals surface area contributed by atoms with E-state index in [1.165, 1.54) is 19.5 Å². The highest BCUT2D eigenvalue weighted by Gasteiger charge is 2.18. The Bertz CT molecular complexity index is 777. The summed E-state index contributed by atoms with van der Waals surface area (Å²) in [6.07, 6.45) is 2.28. The van der Waals surface area contributed by atoms with Gasteiger partial charge in [-0.2, -0.15) is 0 Å². The minimum Gasteiger partial charge on any atom is -0.465 e. The zero-order chi connectivity index (χ0) is 18.6. The Morgan fingerprint density at radius 2 is 2.00 bits per heavy atom. The maximum absolute atomic E-state index is 11.7. The molecule has 8 heteroatoms. The van der Waals surface area contributed by atoms with Gasteiger partial charge >= 0.3 is 12.1 Å². The third kappa shape index (κ3) is 4.72. The van der Waals surface area contributed by atoms with Gasteiger partial charge in [0.15, 0.2) is 0 Å². The molecule has 0 aliphatic carbocycles. The summed E-state index contributed by atoms with van der Waals surface area (Å²) in [5.74, 6) is 0.352. The Hall–Kier alpha value is -3.03. The molecule has 2 rings (SSSR count). The molecule has 2 aromatic heterocycles. The van der Waals surface area contributed by atoms with Crippen molar-refractivity contribution in [1.29, 1.82) is 0 Å². The first-order chi connectivity index (χ1) is 11.7.